The molecule has 3 aromatic rings. The molecule has 0 atom stereocenters. The predicted octanol–water partition coefficient (Wildman–Crippen LogP) is 3.74. The third-order valence-corrected chi connectivity index (χ3v) is 5.15. The standard InChI is InChI=1S/C16H16N4OS2/c1-9-5-4-6-12-7-10(2)15(18-14(9)12)22-8-13(21)17-16-20-19-11(3)23-16/h4-7H,8H2,1-3H3,(H,17,20,21). The zero-order chi connectivity index (χ0) is 16.4. The van der Waals surface area contributed by atoms with Crippen LogP contribution in [0.4, 0.5) is 5.13 Å². The van der Waals surface area contributed by atoms with Crippen LogP contribution in [0.3, 0.4) is 0 Å². The fraction of sp³-hybridized carbons (Fsp3) is 0.250. The first-order valence-corrected chi connectivity index (χ1v) is 8.93. The fourth-order valence-corrected chi connectivity index (χ4v) is 3.61. The van der Waals surface area contributed by atoms with E-state index in [0.717, 1.165) is 32.1 Å². The van der Waals surface area contributed by atoms with E-state index in [2.05, 4.69) is 27.6 Å². The smallest absolute Gasteiger partial charge is 0.236 e. The molecule has 1 amide bonds. The minimum absolute atomic E-state index is 0.0998. The number of amides is 1. The zero-order valence-electron chi connectivity index (χ0n) is 13.1. The van der Waals surface area contributed by atoms with Crippen LogP contribution >= 0.6 is 23.1 Å². The van der Waals surface area contributed by atoms with Crippen molar-refractivity contribution < 1.29 is 4.79 Å². The van der Waals surface area contributed by atoms with Crippen molar-refractivity contribution >= 4 is 45.0 Å². The quantitative estimate of drug-likeness (QED) is 0.730. The highest BCUT2D eigenvalue weighted by molar-refractivity contribution is 8.00. The first-order chi connectivity index (χ1) is 11.0. The van der Waals surface area contributed by atoms with E-state index in [1.807, 2.05) is 32.9 Å². The molecule has 2 aromatic heterocycles. The van der Waals surface area contributed by atoms with Gasteiger partial charge in [0.2, 0.25) is 11.0 Å². The Bertz CT molecular complexity index is 876. The molecule has 5 nitrogen and oxygen atoms in total. The Morgan fingerprint density at radius 2 is 2.04 bits per heavy atom. The molecule has 0 saturated carbocycles. The number of para-hydroxylation sites is 1. The first kappa shape index (κ1) is 15.9. The molecule has 1 N–H and O–H groups in total. The molecule has 0 saturated heterocycles. The molecule has 0 fully saturated rings. The Kier molecular flexibility index (Phi) is 4.58. The maximum atomic E-state index is 12.0. The van der Waals surface area contributed by atoms with E-state index < -0.39 is 0 Å². The van der Waals surface area contributed by atoms with E-state index in [0.29, 0.717) is 10.9 Å². The number of aromatic nitrogens is 3. The number of hydrogen-bond acceptors (Lipinski definition) is 6. The number of benzene rings is 1. The number of thioether (sulfide) groups is 1. The highest BCUT2D eigenvalue weighted by Gasteiger charge is 2.10. The predicted molar refractivity (Wildman–Crippen MR) is 95.2 cm³/mol. The second-order valence-corrected chi connectivity index (χ2v) is 7.37. The number of anilines is 1. The van der Waals surface area contributed by atoms with Crippen molar-refractivity contribution in [2.45, 2.75) is 25.8 Å². The monoisotopic (exact) mass is 344 g/mol. The van der Waals surface area contributed by atoms with Crippen LogP contribution in [0.1, 0.15) is 16.1 Å². The first-order valence-electron chi connectivity index (χ1n) is 7.12. The lowest BCUT2D eigenvalue weighted by Gasteiger charge is -2.08. The van der Waals surface area contributed by atoms with Gasteiger partial charge in [-0.3, -0.25) is 10.1 Å². The van der Waals surface area contributed by atoms with Crippen molar-refractivity contribution in [2.75, 3.05) is 11.1 Å². The number of fused-ring (bicyclic) bond motifs is 1. The van der Waals surface area contributed by atoms with Gasteiger partial charge >= 0.3 is 0 Å². The van der Waals surface area contributed by atoms with E-state index in [9.17, 15) is 4.79 Å². The minimum atomic E-state index is -0.0998. The SMILES string of the molecule is Cc1nnc(NC(=O)CSc2nc3c(C)cccc3cc2C)s1. The van der Waals surface area contributed by atoms with E-state index in [4.69, 9.17) is 4.98 Å². The van der Waals surface area contributed by atoms with Crippen molar-refractivity contribution in [3.63, 3.8) is 0 Å². The number of pyridine rings is 1. The van der Waals surface area contributed by atoms with E-state index >= 15 is 0 Å². The number of carbonyl (C=O) groups is 1. The topological polar surface area (TPSA) is 67.8 Å². The summed E-state index contributed by atoms with van der Waals surface area (Å²) in [4.78, 5) is 16.7. The maximum absolute atomic E-state index is 12.0. The Balaban J connectivity index is 1.72. The van der Waals surface area contributed by atoms with Gasteiger partial charge in [-0.05, 0) is 38.0 Å². The Morgan fingerprint density at radius 3 is 2.78 bits per heavy atom. The number of carbonyl (C=O) groups excluding carboxylic acids is 1. The highest BCUT2D eigenvalue weighted by Crippen LogP contribution is 2.26. The van der Waals surface area contributed by atoms with Crippen LogP contribution in [0, 0.1) is 20.8 Å². The van der Waals surface area contributed by atoms with Gasteiger partial charge in [-0.25, -0.2) is 4.98 Å². The van der Waals surface area contributed by atoms with Gasteiger partial charge in [-0.2, -0.15) is 0 Å². The van der Waals surface area contributed by atoms with Gasteiger partial charge in [-0.15, -0.1) is 10.2 Å². The van der Waals surface area contributed by atoms with Gasteiger partial charge < -0.3 is 0 Å². The van der Waals surface area contributed by atoms with Crippen molar-refractivity contribution in [3.05, 3.63) is 40.4 Å². The summed E-state index contributed by atoms with van der Waals surface area (Å²) in [6.45, 7) is 5.92. The van der Waals surface area contributed by atoms with Gasteiger partial charge in [0.05, 0.1) is 11.3 Å². The Labute approximate surface area is 142 Å². The number of hydrogen-bond donors (Lipinski definition) is 1. The van der Waals surface area contributed by atoms with Crippen LogP contribution in [0.15, 0.2) is 29.3 Å². The van der Waals surface area contributed by atoms with Crippen LogP contribution in [0.2, 0.25) is 0 Å². The summed E-state index contributed by atoms with van der Waals surface area (Å²) in [7, 11) is 0. The summed E-state index contributed by atoms with van der Waals surface area (Å²) in [6.07, 6.45) is 0. The second kappa shape index (κ2) is 6.64. The third kappa shape index (κ3) is 3.68. The lowest BCUT2D eigenvalue weighted by atomic mass is 10.1. The fourth-order valence-electron chi connectivity index (χ4n) is 2.22. The van der Waals surface area contributed by atoms with Gasteiger partial charge in [0, 0.05) is 5.39 Å². The average Bonchev–Trinajstić information content (AvgIpc) is 2.91. The van der Waals surface area contributed by atoms with Crippen molar-refractivity contribution in [1.82, 2.24) is 15.2 Å². The molecule has 0 spiro atoms. The van der Waals surface area contributed by atoms with Crippen molar-refractivity contribution in [2.24, 2.45) is 0 Å². The number of aryl methyl sites for hydroxylation is 3. The lowest BCUT2D eigenvalue weighted by Crippen LogP contribution is -2.14. The summed E-state index contributed by atoms with van der Waals surface area (Å²) >= 11 is 2.80. The number of nitrogens with zero attached hydrogens (tertiary/aromatic N) is 3. The molecule has 7 heteroatoms. The summed E-state index contributed by atoms with van der Waals surface area (Å²) in [5.74, 6) is 0.196. The molecule has 0 unspecified atom stereocenters. The Morgan fingerprint density at radius 1 is 1.22 bits per heavy atom. The molecule has 23 heavy (non-hydrogen) atoms. The molecule has 0 aliphatic heterocycles. The van der Waals surface area contributed by atoms with Crippen LogP contribution in [0.25, 0.3) is 10.9 Å². The molecule has 0 aliphatic carbocycles. The molecular weight excluding hydrogens is 328 g/mol. The van der Waals surface area contributed by atoms with Gasteiger partial charge in [0.1, 0.15) is 10.0 Å². The zero-order valence-corrected chi connectivity index (χ0v) is 14.7. The molecule has 118 valence electrons. The lowest BCUT2D eigenvalue weighted by molar-refractivity contribution is -0.113. The normalized spacial score (nSPS) is 10.9. The maximum Gasteiger partial charge on any atom is 0.236 e. The van der Waals surface area contributed by atoms with Crippen LogP contribution < -0.4 is 5.32 Å². The highest BCUT2D eigenvalue weighted by atomic mass is 32.2. The molecular formula is C16H16N4OS2. The molecule has 3 rings (SSSR count). The minimum Gasteiger partial charge on any atom is -0.300 e. The number of nitrogens with one attached hydrogen (secondary N) is 1. The van der Waals surface area contributed by atoms with E-state index in [-0.39, 0.29) is 5.91 Å². The molecule has 1 aromatic carbocycles. The van der Waals surface area contributed by atoms with Gasteiger partial charge in [0.25, 0.3) is 0 Å². The second-order valence-electron chi connectivity index (χ2n) is 5.22. The van der Waals surface area contributed by atoms with E-state index in [1.54, 1.807) is 0 Å². The third-order valence-electron chi connectivity index (χ3n) is 3.30. The van der Waals surface area contributed by atoms with Crippen LogP contribution in [-0.2, 0) is 4.79 Å². The molecule has 0 bridgehead atoms. The van der Waals surface area contributed by atoms with Crippen molar-refractivity contribution in [1.29, 1.82) is 0 Å². The Hall–Kier alpha value is -1.99. The van der Waals surface area contributed by atoms with E-state index in [1.165, 1.54) is 23.1 Å². The van der Waals surface area contributed by atoms with Crippen LogP contribution in [0.5, 0.6) is 0 Å². The molecule has 2 heterocycles. The summed E-state index contributed by atoms with van der Waals surface area (Å²) in [5.41, 5.74) is 3.20. The van der Waals surface area contributed by atoms with Gasteiger partial charge in [-0.1, -0.05) is 41.3 Å². The van der Waals surface area contributed by atoms with Crippen molar-refractivity contribution in [3.8, 4) is 0 Å². The number of rotatable bonds is 4. The largest absolute Gasteiger partial charge is 0.300 e. The molecule has 0 radical (unpaired) electrons. The molecule has 0 aliphatic rings. The van der Waals surface area contributed by atoms with Gasteiger partial charge in [0.15, 0.2) is 0 Å². The average molecular weight is 344 g/mol. The van der Waals surface area contributed by atoms with Crippen LogP contribution in [-0.4, -0.2) is 26.8 Å². The summed E-state index contributed by atoms with van der Waals surface area (Å²) < 4.78 is 0. The summed E-state index contributed by atoms with van der Waals surface area (Å²) in [5, 5.41) is 13.9. The summed E-state index contributed by atoms with van der Waals surface area (Å²) in [6, 6.07) is 8.25.